The zero-order valence-corrected chi connectivity index (χ0v) is 9.85. The van der Waals surface area contributed by atoms with Gasteiger partial charge in [-0.25, -0.2) is 4.39 Å². The van der Waals surface area contributed by atoms with Gasteiger partial charge in [0.15, 0.2) is 0 Å². The van der Waals surface area contributed by atoms with Gasteiger partial charge >= 0.3 is 6.18 Å². The van der Waals surface area contributed by atoms with E-state index in [1.54, 1.807) is 0 Å². The number of nitrogens with zero attached hydrogens (tertiary/aromatic N) is 2. The minimum atomic E-state index is -4.52. The quantitative estimate of drug-likeness (QED) is 0.724. The number of aromatic nitrogens is 2. The van der Waals surface area contributed by atoms with Crippen molar-refractivity contribution < 1.29 is 17.6 Å². The molecule has 1 heterocycles. The number of halogens is 5. The highest BCUT2D eigenvalue weighted by molar-refractivity contribution is 6.30. The molecule has 0 saturated heterocycles. The van der Waals surface area contributed by atoms with Crippen LogP contribution in [0, 0.1) is 5.82 Å². The van der Waals surface area contributed by atoms with Crippen LogP contribution in [0.5, 0.6) is 0 Å². The van der Waals surface area contributed by atoms with Crippen molar-refractivity contribution in [3.05, 3.63) is 40.8 Å². The predicted octanol–water partition coefficient (Wildman–Crippen LogP) is 3.90. The molecular formula is C11H7ClF4N2. The van der Waals surface area contributed by atoms with Crippen LogP contribution < -0.4 is 0 Å². The highest BCUT2D eigenvalue weighted by Gasteiger charge is 2.35. The molecule has 0 saturated carbocycles. The van der Waals surface area contributed by atoms with Gasteiger partial charge in [0.25, 0.3) is 0 Å². The number of rotatable bonds is 1. The molecule has 0 fully saturated rings. The standard InChI is InChI=1S/C11H7ClF4N2/c1-18-10(11(14,15)16)5-9(17-18)7-3-2-6(12)4-8(7)13/h2-5H,1H3. The zero-order valence-electron chi connectivity index (χ0n) is 9.09. The summed E-state index contributed by atoms with van der Waals surface area (Å²) in [5, 5.41) is 3.82. The zero-order chi connectivity index (χ0) is 13.5. The van der Waals surface area contributed by atoms with Gasteiger partial charge in [0.05, 0.1) is 5.69 Å². The van der Waals surface area contributed by atoms with Crippen molar-refractivity contribution >= 4 is 11.6 Å². The summed E-state index contributed by atoms with van der Waals surface area (Å²) in [7, 11) is 1.15. The van der Waals surface area contributed by atoms with E-state index in [1.165, 1.54) is 12.1 Å². The maximum absolute atomic E-state index is 13.6. The third-order valence-electron chi connectivity index (χ3n) is 2.38. The molecule has 0 unspecified atom stereocenters. The molecular weight excluding hydrogens is 272 g/mol. The Bertz CT molecular complexity index is 589. The van der Waals surface area contributed by atoms with Crippen LogP contribution >= 0.6 is 11.6 Å². The monoisotopic (exact) mass is 278 g/mol. The van der Waals surface area contributed by atoms with Gasteiger partial charge in [0.1, 0.15) is 11.5 Å². The van der Waals surface area contributed by atoms with Crippen LogP contribution in [0.2, 0.25) is 5.02 Å². The number of hydrogen-bond donors (Lipinski definition) is 0. The first-order chi connectivity index (χ1) is 8.29. The van der Waals surface area contributed by atoms with Gasteiger partial charge in [-0.15, -0.1) is 0 Å². The molecule has 2 nitrogen and oxygen atoms in total. The summed E-state index contributed by atoms with van der Waals surface area (Å²) in [4.78, 5) is 0. The van der Waals surface area contributed by atoms with Gasteiger partial charge in [-0.1, -0.05) is 11.6 Å². The van der Waals surface area contributed by atoms with Crippen molar-refractivity contribution in [1.82, 2.24) is 9.78 Å². The van der Waals surface area contributed by atoms with E-state index in [0.29, 0.717) is 4.68 Å². The molecule has 1 aromatic carbocycles. The highest BCUT2D eigenvalue weighted by Crippen LogP contribution is 2.32. The number of aryl methyl sites for hydroxylation is 1. The summed E-state index contributed by atoms with van der Waals surface area (Å²) in [6.07, 6.45) is -4.52. The number of benzene rings is 1. The fraction of sp³-hybridized carbons (Fsp3) is 0.182. The minimum absolute atomic E-state index is 0.0227. The lowest BCUT2D eigenvalue weighted by molar-refractivity contribution is -0.143. The summed E-state index contributed by atoms with van der Waals surface area (Å²) in [6, 6.07) is 4.51. The molecule has 0 aliphatic heterocycles. The van der Waals surface area contributed by atoms with Gasteiger partial charge in [-0.3, -0.25) is 4.68 Å². The molecule has 0 amide bonds. The van der Waals surface area contributed by atoms with Crippen molar-refractivity contribution in [2.75, 3.05) is 0 Å². The molecule has 2 aromatic rings. The van der Waals surface area contributed by atoms with Gasteiger partial charge in [-0.2, -0.15) is 18.3 Å². The Morgan fingerprint density at radius 2 is 1.89 bits per heavy atom. The maximum atomic E-state index is 13.6. The second-order valence-electron chi connectivity index (χ2n) is 3.66. The van der Waals surface area contributed by atoms with E-state index in [9.17, 15) is 17.6 Å². The van der Waals surface area contributed by atoms with Crippen LogP contribution in [0.1, 0.15) is 5.69 Å². The normalized spacial score (nSPS) is 11.9. The topological polar surface area (TPSA) is 17.8 Å². The smallest absolute Gasteiger partial charge is 0.263 e. The lowest BCUT2D eigenvalue weighted by atomic mass is 10.1. The van der Waals surface area contributed by atoms with Gasteiger partial charge in [0.2, 0.25) is 0 Å². The lowest BCUT2D eigenvalue weighted by Crippen LogP contribution is -2.11. The SMILES string of the molecule is Cn1nc(-c2ccc(Cl)cc2F)cc1C(F)(F)F. The van der Waals surface area contributed by atoms with Crippen molar-refractivity contribution in [2.45, 2.75) is 6.18 Å². The molecule has 0 aliphatic carbocycles. The summed E-state index contributed by atoms with van der Waals surface area (Å²) >= 11 is 5.57. The Morgan fingerprint density at radius 3 is 2.39 bits per heavy atom. The molecule has 1 aromatic heterocycles. The predicted molar refractivity (Wildman–Crippen MR) is 58.6 cm³/mol. The summed E-state index contributed by atoms with van der Waals surface area (Å²) in [5.41, 5.74) is -1.05. The van der Waals surface area contributed by atoms with E-state index in [0.717, 1.165) is 19.2 Å². The molecule has 96 valence electrons. The second-order valence-corrected chi connectivity index (χ2v) is 4.10. The fourth-order valence-corrected chi connectivity index (χ4v) is 1.72. The van der Waals surface area contributed by atoms with Crippen molar-refractivity contribution in [1.29, 1.82) is 0 Å². The average molecular weight is 279 g/mol. The molecule has 18 heavy (non-hydrogen) atoms. The van der Waals surface area contributed by atoms with Crippen LogP contribution in [-0.2, 0) is 13.2 Å². The minimum Gasteiger partial charge on any atom is -0.263 e. The number of hydrogen-bond acceptors (Lipinski definition) is 1. The van der Waals surface area contributed by atoms with Gasteiger partial charge < -0.3 is 0 Å². The van der Waals surface area contributed by atoms with E-state index < -0.39 is 17.7 Å². The van der Waals surface area contributed by atoms with Crippen molar-refractivity contribution in [3.8, 4) is 11.3 Å². The van der Waals surface area contributed by atoms with Gasteiger partial charge in [0, 0.05) is 17.6 Å². The van der Waals surface area contributed by atoms with Crippen molar-refractivity contribution in [3.63, 3.8) is 0 Å². The van der Waals surface area contributed by atoms with E-state index in [4.69, 9.17) is 11.6 Å². The molecule has 0 atom stereocenters. The van der Waals surface area contributed by atoms with Crippen LogP contribution in [-0.4, -0.2) is 9.78 Å². The fourth-order valence-electron chi connectivity index (χ4n) is 1.56. The second kappa shape index (κ2) is 4.28. The van der Waals surface area contributed by atoms with Crippen LogP contribution in [0.15, 0.2) is 24.3 Å². The Morgan fingerprint density at radius 1 is 1.22 bits per heavy atom. The summed E-state index contributed by atoms with van der Waals surface area (Å²) < 4.78 is 51.9. The lowest BCUT2D eigenvalue weighted by Gasteiger charge is -2.04. The molecule has 0 N–H and O–H groups in total. The third kappa shape index (κ3) is 2.33. The first-order valence-corrected chi connectivity index (χ1v) is 5.23. The van der Waals surface area contributed by atoms with E-state index in [2.05, 4.69) is 5.10 Å². The number of alkyl halides is 3. The first-order valence-electron chi connectivity index (χ1n) is 4.85. The van der Waals surface area contributed by atoms with Crippen LogP contribution in [0.3, 0.4) is 0 Å². The molecule has 0 spiro atoms. The highest BCUT2D eigenvalue weighted by atomic mass is 35.5. The van der Waals surface area contributed by atoms with E-state index >= 15 is 0 Å². The Balaban J connectivity index is 2.53. The Kier molecular flexibility index (Phi) is 3.06. The molecule has 2 rings (SSSR count). The van der Waals surface area contributed by atoms with Crippen LogP contribution in [0.4, 0.5) is 17.6 Å². The first kappa shape index (κ1) is 12.9. The average Bonchev–Trinajstić information content (AvgIpc) is 2.59. The molecule has 0 aliphatic rings. The Labute approximate surface area is 105 Å². The van der Waals surface area contributed by atoms with Crippen LogP contribution in [0.25, 0.3) is 11.3 Å². The summed E-state index contributed by atoms with van der Waals surface area (Å²) in [6.45, 7) is 0. The van der Waals surface area contributed by atoms with Crippen molar-refractivity contribution in [2.24, 2.45) is 7.05 Å². The largest absolute Gasteiger partial charge is 0.433 e. The molecule has 0 radical (unpaired) electrons. The van der Waals surface area contributed by atoms with Gasteiger partial charge in [-0.05, 0) is 24.3 Å². The van der Waals surface area contributed by atoms with E-state index in [-0.39, 0.29) is 16.3 Å². The van der Waals surface area contributed by atoms with E-state index in [1.807, 2.05) is 0 Å². The Hall–Kier alpha value is -1.56. The molecule has 0 bridgehead atoms. The summed E-state index contributed by atoms with van der Waals surface area (Å²) in [5.74, 6) is -0.714. The third-order valence-corrected chi connectivity index (χ3v) is 2.61. The maximum Gasteiger partial charge on any atom is 0.433 e. The molecule has 7 heteroatoms.